The van der Waals surface area contributed by atoms with Gasteiger partial charge in [0.05, 0.1) is 24.3 Å². The van der Waals surface area contributed by atoms with Crippen LogP contribution in [0.15, 0.2) is 22.7 Å². The molecular weight excluding hydrogens is 301 g/mol. The lowest BCUT2D eigenvalue weighted by Gasteiger charge is -2.46. The normalized spacial score (nSPS) is 17.4. The minimum absolute atomic E-state index is 0.0444. The summed E-state index contributed by atoms with van der Waals surface area (Å²) in [7, 11) is 0. The van der Waals surface area contributed by atoms with Crippen molar-refractivity contribution in [1.82, 2.24) is 4.90 Å². The number of hydrogen-bond donors (Lipinski definition) is 1. The lowest BCUT2D eigenvalue weighted by atomic mass is 9.88. The number of aliphatic hydroxyl groups is 1. The topological polar surface area (TPSA) is 40.5 Å². The van der Waals surface area contributed by atoms with Gasteiger partial charge in [-0.2, -0.15) is 0 Å². The second-order valence-corrected chi connectivity index (χ2v) is 5.68. The smallest absolute Gasteiger partial charge is 0.257 e. The number of nitrogens with zero attached hydrogens (tertiary/aromatic N) is 1. The number of carbonyl (C=O) groups is 1. The molecule has 2 rings (SSSR count). The van der Waals surface area contributed by atoms with E-state index in [2.05, 4.69) is 15.9 Å². The third-order valence-electron chi connectivity index (χ3n) is 3.13. The molecule has 0 spiro atoms. The lowest BCUT2D eigenvalue weighted by Crippen LogP contribution is -2.63. The minimum Gasteiger partial charge on any atom is -0.386 e. The molecule has 5 heteroatoms. The predicted octanol–water partition coefficient (Wildman–Crippen LogP) is 2.58. The summed E-state index contributed by atoms with van der Waals surface area (Å²) in [5, 5.41) is 10.0. The fourth-order valence-electron chi connectivity index (χ4n) is 2.26. The summed E-state index contributed by atoms with van der Waals surface area (Å²) in [6, 6.07) is 4.28. The van der Waals surface area contributed by atoms with E-state index in [1.54, 1.807) is 6.07 Å². The van der Waals surface area contributed by atoms with Crippen molar-refractivity contribution < 1.29 is 14.3 Å². The summed E-state index contributed by atoms with van der Waals surface area (Å²) >= 11 is 3.21. The summed E-state index contributed by atoms with van der Waals surface area (Å²) in [6.07, 6.45) is 1.53. The van der Waals surface area contributed by atoms with E-state index in [1.807, 2.05) is 6.92 Å². The molecule has 0 radical (unpaired) electrons. The van der Waals surface area contributed by atoms with Gasteiger partial charge in [0.1, 0.15) is 5.82 Å². The van der Waals surface area contributed by atoms with Gasteiger partial charge in [-0.3, -0.25) is 4.79 Å². The van der Waals surface area contributed by atoms with Crippen LogP contribution in [0.25, 0.3) is 0 Å². The minimum atomic E-state index is -0.785. The summed E-state index contributed by atoms with van der Waals surface area (Å²) < 4.78 is 14.2. The number of hydrogen-bond acceptors (Lipinski definition) is 2. The van der Waals surface area contributed by atoms with Crippen LogP contribution in [0.4, 0.5) is 4.39 Å². The molecule has 0 bridgehead atoms. The summed E-state index contributed by atoms with van der Waals surface area (Å²) in [5.74, 6) is -0.899. The van der Waals surface area contributed by atoms with Gasteiger partial charge in [-0.25, -0.2) is 4.39 Å². The van der Waals surface area contributed by atoms with Crippen molar-refractivity contribution in [3.05, 3.63) is 34.1 Å². The van der Waals surface area contributed by atoms with Gasteiger partial charge in [0.15, 0.2) is 0 Å². The van der Waals surface area contributed by atoms with Gasteiger partial charge < -0.3 is 10.0 Å². The maximum atomic E-state index is 13.6. The molecule has 1 N–H and O–H groups in total. The average Bonchev–Trinajstić information content (AvgIpc) is 2.28. The first-order valence-corrected chi connectivity index (χ1v) is 6.71. The molecule has 0 aromatic heterocycles. The van der Waals surface area contributed by atoms with Gasteiger partial charge in [-0.15, -0.1) is 0 Å². The van der Waals surface area contributed by atoms with Crippen LogP contribution >= 0.6 is 15.9 Å². The lowest BCUT2D eigenvalue weighted by molar-refractivity contribution is -0.0861. The standard InChI is InChI=1S/C13H15BrFNO2/c1-2-5-13(18)7-16(8-13)12(17)10-6-9(14)3-4-11(10)15/h3-4,6,18H,2,5,7-8H2,1H3. The van der Waals surface area contributed by atoms with Gasteiger partial charge in [-0.1, -0.05) is 29.3 Å². The zero-order valence-corrected chi connectivity index (χ0v) is 11.7. The molecule has 98 valence electrons. The van der Waals surface area contributed by atoms with E-state index in [-0.39, 0.29) is 24.6 Å². The number of β-amino-alcohol motifs (C(OH)–C–C–N with tert-alkyl or cyclic N) is 1. The van der Waals surface area contributed by atoms with Crippen LogP contribution in [-0.2, 0) is 0 Å². The number of likely N-dealkylation sites (tertiary alicyclic amines) is 1. The monoisotopic (exact) mass is 315 g/mol. The number of carbonyl (C=O) groups excluding carboxylic acids is 1. The third kappa shape index (κ3) is 2.57. The first-order valence-electron chi connectivity index (χ1n) is 5.92. The highest BCUT2D eigenvalue weighted by atomic mass is 79.9. The van der Waals surface area contributed by atoms with Crippen LogP contribution in [0.2, 0.25) is 0 Å². The Hall–Kier alpha value is -0.940. The fraction of sp³-hybridized carbons (Fsp3) is 0.462. The summed E-state index contributed by atoms with van der Waals surface area (Å²) in [5.41, 5.74) is -0.740. The zero-order valence-electron chi connectivity index (χ0n) is 10.1. The molecule has 1 heterocycles. The Labute approximate surface area is 114 Å². The summed E-state index contributed by atoms with van der Waals surface area (Å²) in [6.45, 7) is 2.55. The van der Waals surface area contributed by atoms with Crippen molar-refractivity contribution in [1.29, 1.82) is 0 Å². The highest BCUT2D eigenvalue weighted by molar-refractivity contribution is 9.10. The Bertz CT molecular complexity index is 472. The first kappa shape index (κ1) is 13.5. The van der Waals surface area contributed by atoms with Crippen LogP contribution in [0.5, 0.6) is 0 Å². The molecule has 0 saturated carbocycles. The molecule has 1 fully saturated rings. The maximum Gasteiger partial charge on any atom is 0.257 e. The Kier molecular flexibility index (Phi) is 3.73. The van der Waals surface area contributed by atoms with E-state index in [4.69, 9.17) is 0 Å². The Morgan fingerprint density at radius 1 is 1.56 bits per heavy atom. The molecule has 1 saturated heterocycles. The molecule has 1 amide bonds. The summed E-state index contributed by atoms with van der Waals surface area (Å²) in [4.78, 5) is 13.5. The van der Waals surface area contributed by atoms with Crippen molar-refractivity contribution >= 4 is 21.8 Å². The fourth-order valence-corrected chi connectivity index (χ4v) is 2.62. The van der Waals surface area contributed by atoms with E-state index in [0.717, 1.165) is 6.42 Å². The Balaban J connectivity index is 2.08. The molecule has 3 nitrogen and oxygen atoms in total. The third-order valence-corrected chi connectivity index (χ3v) is 3.62. The van der Waals surface area contributed by atoms with E-state index in [0.29, 0.717) is 10.9 Å². The highest BCUT2D eigenvalue weighted by Gasteiger charge is 2.43. The van der Waals surface area contributed by atoms with Gasteiger partial charge in [0.25, 0.3) is 5.91 Å². The zero-order chi connectivity index (χ0) is 13.3. The van der Waals surface area contributed by atoms with E-state index >= 15 is 0 Å². The Morgan fingerprint density at radius 2 is 2.22 bits per heavy atom. The van der Waals surface area contributed by atoms with E-state index < -0.39 is 11.4 Å². The molecule has 1 aliphatic heterocycles. The second kappa shape index (κ2) is 4.97. The Morgan fingerprint density at radius 3 is 2.83 bits per heavy atom. The van der Waals surface area contributed by atoms with Crippen molar-refractivity contribution in [2.75, 3.05) is 13.1 Å². The first-order chi connectivity index (χ1) is 8.45. The van der Waals surface area contributed by atoms with Gasteiger partial charge in [-0.05, 0) is 24.6 Å². The van der Waals surface area contributed by atoms with Crippen LogP contribution in [0.1, 0.15) is 30.1 Å². The van der Waals surface area contributed by atoms with Gasteiger partial charge in [0, 0.05) is 4.47 Å². The van der Waals surface area contributed by atoms with Crippen LogP contribution in [0, 0.1) is 5.82 Å². The molecule has 0 unspecified atom stereocenters. The number of rotatable bonds is 3. The quantitative estimate of drug-likeness (QED) is 0.931. The number of amides is 1. The average molecular weight is 316 g/mol. The van der Waals surface area contributed by atoms with Crippen LogP contribution < -0.4 is 0 Å². The molecule has 0 aliphatic carbocycles. The molecule has 1 aromatic rings. The van der Waals surface area contributed by atoms with E-state index in [9.17, 15) is 14.3 Å². The molecule has 1 aliphatic rings. The second-order valence-electron chi connectivity index (χ2n) is 4.76. The van der Waals surface area contributed by atoms with Crippen LogP contribution in [-0.4, -0.2) is 34.6 Å². The highest BCUT2D eigenvalue weighted by Crippen LogP contribution is 2.28. The van der Waals surface area contributed by atoms with Crippen molar-refractivity contribution in [2.24, 2.45) is 0 Å². The van der Waals surface area contributed by atoms with E-state index in [1.165, 1.54) is 17.0 Å². The van der Waals surface area contributed by atoms with Gasteiger partial charge in [0.2, 0.25) is 0 Å². The van der Waals surface area contributed by atoms with Gasteiger partial charge >= 0.3 is 0 Å². The van der Waals surface area contributed by atoms with Crippen molar-refractivity contribution in [3.63, 3.8) is 0 Å². The molecule has 1 aromatic carbocycles. The SMILES string of the molecule is CCCC1(O)CN(C(=O)c2cc(Br)ccc2F)C1. The predicted molar refractivity (Wildman–Crippen MR) is 69.9 cm³/mol. The largest absolute Gasteiger partial charge is 0.386 e. The van der Waals surface area contributed by atoms with Crippen molar-refractivity contribution in [2.45, 2.75) is 25.4 Å². The molecule has 0 atom stereocenters. The number of benzene rings is 1. The van der Waals surface area contributed by atoms with Crippen LogP contribution in [0.3, 0.4) is 0 Å². The molecular formula is C13H15BrFNO2. The van der Waals surface area contributed by atoms with Crippen molar-refractivity contribution in [3.8, 4) is 0 Å². The maximum absolute atomic E-state index is 13.6. The number of halogens is 2. The molecule has 18 heavy (non-hydrogen) atoms.